The van der Waals surface area contributed by atoms with Crippen LogP contribution in [0.1, 0.15) is 37.7 Å². The molecule has 0 aromatic heterocycles. The minimum Gasteiger partial charge on any atom is -0.493 e. The van der Waals surface area contributed by atoms with E-state index in [4.69, 9.17) is 15.2 Å². The van der Waals surface area contributed by atoms with E-state index in [0.29, 0.717) is 17.1 Å². The molecule has 2 N–H and O–H groups in total. The second kappa shape index (κ2) is 5.14. The molecule has 100 valence electrons. The van der Waals surface area contributed by atoms with Gasteiger partial charge >= 0.3 is 0 Å². The summed E-state index contributed by atoms with van der Waals surface area (Å²) in [6, 6.07) is 3.04. The summed E-state index contributed by atoms with van der Waals surface area (Å²) >= 11 is 0. The lowest BCUT2D eigenvalue weighted by Crippen LogP contribution is -2.39. The Balaban J connectivity index is 2.43. The average Bonchev–Trinajstić information content (AvgIpc) is 2.39. The van der Waals surface area contributed by atoms with Gasteiger partial charge in [0.05, 0.1) is 14.2 Å². The van der Waals surface area contributed by atoms with Gasteiger partial charge in [0.1, 0.15) is 5.82 Å². The molecule has 0 bridgehead atoms. The summed E-state index contributed by atoms with van der Waals surface area (Å²) in [5.41, 5.74) is 6.33. The van der Waals surface area contributed by atoms with Gasteiger partial charge in [0.25, 0.3) is 0 Å². The lowest BCUT2D eigenvalue weighted by molar-refractivity contribution is 0.288. The molecule has 1 aliphatic carbocycles. The van der Waals surface area contributed by atoms with Crippen LogP contribution < -0.4 is 15.2 Å². The molecular formula is C14H20FNO2. The highest BCUT2D eigenvalue weighted by Gasteiger charge is 2.33. The summed E-state index contributed by atoms with van der Waals surface area (Å²) in [5.74, 6) is 0.625. The number of nitrogens with two attached hydrogens (primary N) is 1. The van der Waals surface area contributed by atoms with Crippen molar-refractivity contribution in [3.05, 3.63) is 23.5 Å². The number of hydrogen-bond acceptors (Lipinski definition) is 3. The highest BCUT2D eigenvalue weighted by molar-refractivity contribution is 5.46. The zero-order chi connectivity index (χ0) is 13.2. The van der Waals surface area contributed by atoms with Crippen LogP contribution in [-0.2, 0) is 5.54 Å². The van der Waals surface area contributed by atoms with Gasteiger partial charge in [-0.15, -0.1) is 0 Å². The molecule has 0 saturated heterocycles. The molecule has 3 nitrogen and oxygen atoms in total. The van der Waals surface area contributed by atoms with Crippen molar-refractivity contribution in [2.24, 2.45) is 5.73 Å². The first-order valence-corrected chi connectivity index (χ1v) is 6.31. The fourth-order valence-electron chi connectivity index (χ4n) is 2.69. The molecule has 1 saturated carbocycles. The molecule has 2 rings (SSSR count). The predicted molar refractivity (Wildman–Crippen MR) is 68.5 cm³/mol. The van der Waals surface area contributed by atoms with Crippen molar-refractivity contribution in [2.45, 2.75) is 37.6 Å². The topological polar surface area (TPSA) is 44.5 Å². The molecule has 1 aliphatic rings. The third-order valence-corrected chi connectivity index (χ3v) is 3.76. The van der Waals surface area contributed by atoms with Gasteiger partial charge in [-0.25, -0.2) is 4.39 Å². The Morgan fingerprint density at radius 2 is 1.61 bits per heavy atom. The molecule has 0 unspecified atom stereocenters. The zero-order valence-corrected chi connectivity index (χ0v) is 11.0. The molecule has 1 aromatic rings. The Morgan fingerprint density at radius 1 is 1.06 bits per heavy atom. The lowest BCUT2D eigenvalue weighted by Gasteiger charge is -2.34. The summed E-state index contributed by atoms with van der Waals surface area (Å²) in [7, 11) is 3.04. The molecule has 0 heterocycles. The number of rotatable bonds is 3. The van der Waals surface area contributed by atoms with Gasteiger partial charge in [-0.1, -0.05) is 19.3 Å². The minimum absolute atomic E-state index is 0.308. The highest BCUT2D eigenvalue weighted by Crippen LogP contribution is 2.40. The molecule has 0 atom stereocenters. The smallest absolute Gasteiger partial charge is 0.163 e. The van der Waals surface area contributed by atoms with E-state index in [1.807, 2.05) is 0 Å². The van der Waals surface area contributed by atoms with Crippen LogP contribution in [0.15, 0.2) is 12.1 Å². The first-order valence-electron chi connectivity index (χ1n) is 6.31. The van der Waals surface area contributed by atoms with E-state index in [2.05, 4.69) is 0 Å². The first-order chi connectivity index (χ1) is 8.60. The van der Waals surface area contributed by atoms with Gasteiger partial charge in [0.15, 0.2) is 11.5 Å². The van der Waals surface area contributed by atoms with Gasteiger partial charge in [-0.3, -0.25) is 0 Å². The number of hydrogen-bond donors (Lipinski definition) is 1. The van der Waals surface area contributed by atoms with E-state index < -0.39 is 5.54 Å². The van der Waals surface area contributed by atoms with Crippen molar-refractivity contribution in [3.8, 4) is 11.5 Å². The molecule has 0 aliphatic heterocycles. The maximum absolute atomic E-state index is 14.2. The summed E-state index contributed by atoms with van der Waals surface area (Å²) in [4.78, 5) is 0. The molecule has 4 heteroatoms. The number of benzene rings is 1. The van der Waals surface area contributed by atoms with Crippen LogP contribution in [0.5, 0.6) is 11.5 Å². The third kappa shape index (κ3) is 2.29. The Labute approximate surface area is 107 Å². The van der Waals surface area contributed by atoms with Crippen LogP contribution in [0.4, 0.5) is 4.39 Å². The van der Waals surface area contributed by atoms with Gasteiger partial charge in [-0.2, -0.15) is 0 Å². The molecule has 1 aromatic carbocycles. The van der Waals surface area contributed by atoms with Crippen LogP contribution in [-0.4, -0.2) is 14.2 Å². The number of halogens is 1. The Hall–Kier alpha value is -1.29. The monoisotopic (exact) mass is 253 g/mol. The summed E-state index contributed by atoms with van der Waals surface area (Å²) in [6.45, 7) is 0. The van der Waals surface area contributed by atoms with Crippen molar-refractivity contribution >= 4 is 0 Å². The van der Waals surface area contributed by atoms with E-state index in [-0.39, 0.29) is 5.82 Å². The largest absolute Gasteiger partial charge is 0.493 e. The van der Waals surface area contributed by atoms with Crippen LogP contribution in [0.2, 0.25) is 0 Å². The minimum atomic E-state index is -0.568. The van der Waals surface area contributed by atoms with Crippen LogP contribution in [0.3, 0.4) is 0 Å². The van der Waals surface area contributed by atoms with Crippen LogP contribution in [0.25, 0.3) is 0 Å². The Morgan fingerprint density at radius 3 is 2.17 bits per heavy atom. The Kier molecular flexibility index (Phi) is 3.76. The molecule has 0 radical (unpaired) electrons. The normalized spacial score (nSPS) is 18.4. The first kappa shape index (κ1) is 13.1. The van der Waals surface area contributed by atoms with Crippen molar-refractivity contribution in [3.63, 3.8) is 0 Å². The maximum Gasteiger partial charge on any atom is 0.163 e. The van der Waals surface area contributed by atoms with Crippen molar-refractivity contribution in [1.82, 2.24) is 0 Å². The number of methoxy groups -OCH3 is 2. The van der Waals surface area contributed by atoms with Gasteiger partial charge < -0.3 is 15.2 Å². The zero-order valence-electron chi connectivity index (χ0n) is 11.0. The molecule has 1 fully saturated rings. The van der Waals surface area contributed by atoms with E-state index in [0.717, 1.165) is 25.7 Å². The molecular weight excluding hydrogens is 233 g/mol. The van der Waals surface area contributed by atoms with Crippen molar-refractivity contribution in [2.75, 3.05) is 14.2 Å². The molecule has 0 spiro atoms. The quantitative estimate of drug-likeness (QED) is 0.900. The molecule has 0 amide bonds. The third-order valence-electron chi connectivity index (χ3n) is 3.76. The van der Waals surface area contributed by atoms with Crippen molar-refractivity contribution < 1.29 is 13.9 Å². The average molecular weight is 253 g/mol. The highest BCUT2D eigenvalue weighted by atomic mass is 19.1. The summed E-state index contributed by atoms with van der Waals surface area (Å²) < 4.78 is 24.5. The standard InChI is InChI=1S/C14H20FNO2/c1-17-12-8-10(11(15)9-13(12)18-2)14(16)6-4-3-5-7-14/h8-9H,3-7,16H2,1-2H3. The Bertz CT molecular complexity index is 428. The van der Waals surface area contributed by atoms with Gasteiger partial charge in [-0.05, 0) is 18.9 Å². The van der Waals surface area contributed by atoms with E-state index in [1.165, 1.54) is 19.6 Å². The fourth-order valence-corrected chi connectivity index (χ4v) is 2.69. The number of ether oxygens (including phenoxy) is 2. The molecule has 18 heavy (non-hydrogen) atoms. The fraction of sp³-hybridized carbons (Fsp3) is 0.571. The maximum atomic E-state index is 14.2. The summed E-state index contributed by atoms with van der Waals surface area (Å²) in [5, 5.41) is 0. The second-order valence-corrected chi connectivity index (χ2v) is 4.90. The van der Waals surface area contributed by atoms with Gasteiger partial charge in [0.2, 0.25) is 0 Å². The van der Waals surface area contributed by atoms with Crippen molar-refractivity contribution in [1.29, 1.82) is 0 Å². The van der Waals surface area contributed by atoms with E-state index in [9.17, 15) is 4.39 Å². The predicted octanol–water partition coefficient (Wildman–Crippen LogP) is 2.96. The van der Waals surface area contributed by atoms with E-state index in [1.54, 1.807) is 13.2 Å². The van der Waals surface area contributed by atoms with Crippen LogP contribution in [0, 0.1) is 5.82 Å². The SMILES string of the molecule is COc1cc(F)c(C2(N)CCCCC2)cc1OC. The lowest BCUT2D eigenvalue weighted by atomic mass is 9.77. The van der Waals surface area contributed by atoms with Gasteiger partial charge in [0, 0.05) is 17.2 Å². The summed E-state index contributed by atoms with van der Waals surface area (Å²) in [6.07, 6.45) is 4.90. The van der Waals surface area contributed by atoms with E-state index >= 15 is 0 Å². The second-order valence-electron chi connectivity index (χ2n) is 4.90. The van der Waals surface area contributed by atoms with Crippen LogP contribution >= 0.6 is 0 Å².